The maximum absolute atomic E-state index is 13.0. The predicted molar refractivity (Wildman–Crippen MR) is 66.3 cm³/mol. The van der Waals surface area contributed by atoms with Crippen LogP contribution in [0.15, 0.2) is 52.3 Å². The zero-order chi connectivity index (χ0) is 13.1. The van der Waals surface area contributed by atoms with E-state index in [2.05, 4.69) is 0 Å². The van der Waals surface area contributed by atoms with Gasteiger partial charge in [-0.15, -0.1) is 0 Å². The van der Waals surface area contributed by atoms with E-state index in [0.29, 0.717) is 9.79 Å². The van der Waals surface area contributed by atoms with Crippen molar-refractivity contribution in [3.05, 3.63) is 53.8 Å². The Kier molecular flexibility index (Phi) is 3.81. The third kappa shape index (κ3) is 2.98. The topological polar surface area (TPSA) is 26.0 Å². The van der Waals surface area contributed by atoms with Crippen LogP contribution in [0.3, 0.4) is 0 Å². The van der Waals surface area contributed by atoms with Crippen molar-refractivity contribution in [2.75, 3.05) is 5.73 Å². The van der Waals surface area contributed by atoms with Crippen molar-refractivity contribution in [2.24, 2.45) is 0 Å². The molecule has 0 radical (unpaired) electrons. The fourth-order valence-corrected chi connectivity index (χ4v) is 2.46. The van der Waals surface area contributed by atoms with Crippen LogP contribution in [-0.2, 0) is 0 Å². The molecule has 5 heteroatoms. The summed E-state index contributed by atoms with van der Waals surface area (Å²) in [4.78, 5) is 0.950. The zero-order valence-electron chi connectivity index (χ0n) is 9.24. The Labute approximate surface area is 107 Å². The number of benzene rings is 2. The van der Waals surface area contributed by atoms with E-state index in [9.17, 15) is 13.2 Å². The maximum atomic E-state index is 13.0. The van der Waals surface area contributed by atoms with Gasteiger partial charge >= 0.3 is 0 Å². The van der Waals surface area contributed by atoms with Crippen LogP contribution in [0.1, 0.15) is 12.0 Å². The molecule has 0 atom stereocenters. The van der Waals surface area contributed by atoms with Crippen LogP contribution < -0.4 is 5.73 Å². The highest BCUT2D eigenvalue weighted by molar-refractivity contribution is 7.99. The molecule has 0 aliphatic heterocycles. The molecule has 2 aromatic rings. The summed E-state index contributed by atoms with van der Waals surface area (Å²) < 4.78 is 38.7. The van der Waals surface area contributed by atoms with E-state index >= 15 is 0 Å². The molecule has 0 bridgehead atoms. The summed E-state index contributed by atoms with van der Waals surface area (Å²) >= 11 is 1.09. The van der Waals surface area contributed by atoms with E-state index in [1.807, 2.05) is 0 Å². The second-order valence-electron chi connectivity index (χ2n) is 3.66. The third-order valence-corrected chi connectivity index (χ3v) is 3.37. The molecule has 0 aromatic heterocycles. The Morgan fingerprint density at radius 2 is 1.83 bits per heavy atom. The normalized spacial score (nSPS) is 10.9. The van der Waals surface area contributed by atoms with Crippen molar-refractivity contribution in [3.63, 3.8) is 0 Å². The van der Waals surface area contributed by atoms with Crippen LogP contribution in [0.4, 0.5) is 18.9 Å². The first-order valence-corrected chi connectivity index (χ1v) is 5.99. The highest BCUT2D eigenvalue weighted by Crippen LogP contribution is 2.36. The van der Waals surface area contributed by atoms with Gasteiger partial charge in [-0.3, -0.25) is 0 Å². The SMILES string of the molecule is Nc1ccc(Sc2cccc(F)c2)c(C(F)F)c1. The summed E-state index contributed by atoms with van der Waals surface area (Å²) in [6, 6.07) is 10.1. The largest absolute Gasteiger partial charge is 0.399 e. The van der Waals surface area contributed by atoms with Gasteiger partial charge in [0.25, 0.3) is 6.43 Å². The number of anilines is 1. The average molecular weight is 269 g/mol. The number of nitrogen functional groups attached to an aromatic ring is 1. The third-order valence-electron chi connectivity index (χ3n) is 2.29. The first-order chi connectivity index (χ1) is 8.56. The van der Waals surface area contributed by atoms with Gasteiger partial charge in [-0.1, -0.05) is 17.8 Å². The summed E-state index contributed by atoms with van der Waals surface area (Å²) in [7, 11) is 0. The van der Waals surface area contributed by atoms with E-state index in [0.717, 1.165) is 11.8 Å². The van der Waals surface area contributed by atoms with Gasteiger partial charge in [0.05, 0.1) is 0 Å². The van der Waals surface area contributed by atoms with E-state index in [1.54, 1.807) is 12.1 Å². The number of hydrogen-bond donors (Lipinski definition) is 1. The Bertz CT molecular complexity index is 558. The monoisotopic (exact) mass is 269 g/mol. The lowest BCUT2D eigenvalue weighted by Gasteiger charge is -2.09. The van der Waals surface area contributed by atoms with Crippen LogP contribution in [0, 0.1) is 5.82 Å². The molecule has 0 saturated carbocycles. The quantitative estimate of drug-likeness (QED) is 0.830. The summed E-state index contributed by atoms with van der Waals surface area (Å²) in [5, 5.41) is 0. The molecule has 1 nitrogen and oxygen atoms in total. The van der Waals surface area contributed by atoms with Gasteiger partial charge in [-0.2, -0.15) is 0 Å². The molecule has 0 saturated heterocycles. The summed E-state index contributed by atoms with van der Waals surface area (Å²) in [6.45, 7) is 0. The maximum Gasteiger partial charge on any atom is 0.265 e. The molecule has 0 fully saturated rings. The van der Waals surface area contributed by atoms with Crippen molar-refractivity contribution in [1.29, 1.82) is 0 Å². The number of nitrogens with two attached hydrogens (primary N) is 1. The van der Waals surface area contributed by atoms with Gasteiger partial charge < -0.3 is 5.73 Å². The number of hydrogen-bond acceptors (Lipinski definition) is 2. The van der Waals surface area contributed by atoms with Crippen LogP contribution >= 0.6 is 11.8 Å². The van der Waals surface area contributed by atoms with E-state index in [-0.39, 0.29) is 11.3 Å². The average Bonchev–Trinajstić information content (AvgIpc) is 2.31. The van der Waals surface area contributed by atoms with Gasteiger partial charge in [-0.25, -0.2) is 13.2 Å². The van der Waals surface area contributed by atoms with Gasteiger partial charge in [0.2, 0.25) is 0 Å². The molecule has 18 heavy (non-hydrogen) atoms. The molecular weight excluding hydrogens is 259 g/mol. The Morgan fingerprint density at radius 3 is 2.50 bits per heavy atom. The highest BCUT2D eigenvalue weighted by Gasteiger charge is 2.14. The van der Waals surface area contributed by atoms with E-state index < -0.39 is 12.2 Å². The minimum absolute atomic E-state index is 0.135. The van der Waals surface area contributed by atoms with Crippen molar-refractivity contribution >= 4 is 17.4 Å². The molecule has 2 rings (SSSR count). The van der Waals surface area contributed by atoms with Crippen LogP contribution in [0.5, 0.6) is 0 Å². The molecule has 2 N–H and O–H groups in total. The van der Waals surface area contributed by atoms with Gasteiger partial charge in [0.15, 0.2) is 0 Å². The Hall–Kier alpha value is -1.62. The van der Waals surface area contributed by atoms with Crippen molar-refractivity contribution in [1.82, 2.24) is 0 Å². The molecule has 94 valence electrons. The summed E-state index contributed by atoms with van der Waals surface area (Å²) in [5.41, 5.74) is 5.63. The van der Waals surface area contributed by atoms with Crippen LogP contribution in [0.2, 0.25) is 0 Å². The summed E-state index contributed by atoms with van der Waals surface area (Å²) in [5.74, 6) is -0.394. The number of rotatable bonds is 3. The van der Waals surface area contributed by atoms with Gasteiger partial charge in [0.1, 0.15) is 5.82 Å². The van der Waals surface area contributed by atoms with Crippen molar-refractivity contribution in [3.8, 4) is 0 Å². The Balaban J connectivity index is 2.34. The molecule has 0 heterocycles. The van der Waals surface area contributed by atoms with E-state index in [1.165, 1.54) is 30.3 Å². The van der Waals surface area contributed by atoms with Gasteiger partial charge in [-0.05, 0) is 36.4 Å². The van der Waals surface area contributed by atoms with Crippen molar-refractivity contribution < 1.29 is 13.2 Å². The second-order valence-corrected chi connectivity index (χ2v) is 4.77. The number of alkyl halides is 2. The van der Waals surface area contributed by atoms with Crippen molar-refractivity contribution in [2.45, 2.75) is 16.2 Å². The zero-order valence-corrected chi connectivity index (χ0v) is 10.1. The van der Waals surface area contributed by atoms with E-state index in [4.69, 9.17) is 5.73 Å². The molecule has 0 amide bonds. The summed E-state index contributed by atoms with van der Waals surface area (Å²) in [6.07, 6.45) is -2.61. The smallest absolute Gasteiger partial charge is 0.265 e. The second kappa shape index (κ2) is 5.35. The minimum atomic E-state index is -2.61. The first-order valence-electron chi connectivity index (χ1n) is 5.17. The molecule has 0 unspecified atom stereocenters. The highest BCUT2D eigenvalue weighted by atomic mass is 32.2. The Morgan fingerprint density at radius 1 is 1.06 bits per heavy atom. The fraction of sp³-hybridized carbons (Fsp3) is 0.0769. The number of halogens is 3. The minimum Gasteiger partial charge on any atom is -0.399 e. The van der Waals surface area contributed by atoms with Gasteiger partial charge in [0, 0.05) is 21.0 Å². The molecular formula is C13H10F3NS. The first kappa shape index (κ1) is 12.8. The van der Waals surface area contributed by atoms with Crippen LogP contribution in [0.25, 0.3) is 0 Å². The lowest BCUT2D eigenvalue weighted by Crippen LogP contribution is -1.92. The predicted octanol–water partition coefficient (Wildman–Crippen LogP) is 4.50. The van der Waals surface area contributed by atoms with Crippen LogP contribution in [-0.4, -0.2) is 0 Å². The molecule has 2 aromatic carbocycles. The lowest BCUT2D eigenvalue weighted by atomic mass is 10.2. The molecule has 0 aliphatic rings. The standard InChI is InChI=1S/C13H10F3NS/c14-8-2-1-3-10(6-8)18-12-5-4-9(17)7-11(12)13(15)16/h1-7,13H,17H2. The molecule has 0 aliphatic carbocycles. The lowest BCUT2D eigenvalue weighted by molar-refractivity contribution is 0.148. The molecule has 0 spiro atoms. The fourth-order valence-electron chi connectivity index (χ4n) is 1.49.